The second kappa shape index (κ2) is 4.58. The summed E-state index contributed by atoms with van der Waals surface area (Å²) in [6.07, 6.45) is 2.03. The van der Waals surface area contributed by atoms with Crippen molar-refractivity contribution in [2.75, 3.05) is 12.0 Å². The van der Waals surface area contributed by atoms with Gasteiger partial charge in [-0.2, -0.15) is 0 Å². The van der Waals surface area contributed by atoms with E-state index in [0.29, 0.717) is 5.69 Å². The smallest absolute Gasteiger partial charge is 0.125 e. The lowest BCUT2D eigenvalue weighted by Gasteiger charge is -2.06. The van der Waals surface area contributed by atoms with E-state index in [-0.39, 0.29) is 5.82 Å². The molecule has 0 spiro atoms. The van der Waals surface area contributed by atoms with E-state index >= 15 is 0 Å². The van der Waals surface area contributed by atoms with Gasteiger partial charge in [-0.3, -0.25) is 0 Å². The van der Waals surface area contributed by atoms with E-state index < -0.39 is 0 Å². The molecule has 0 heterocycles. The largest absolute Gasteiger partial charge is 0.398 e. The van der Waals surface area contributed by atoms with Crippen molar-refractivity contribution < 1.29 is 4.39 Å². The highest BCUT2D eigenvalue weighted by atomic mass is 32.2. The molecule has 0 amide bonds. The van der Waals surface area contributed by atoms with Crippen LogP contribution in [-0.4, -0.2) is 6.26 Å². The molecule has 2 aromatic rings. The molecule has 2 rings (SSSR count). The Hall–Kier alpha value is -1.48. The molecule has 0 unspecified atom stereocenters. The zero-order valence-electron chi connectivity index (χ0n) is 8.91. The first kappa shape index (κ1) is 11.0. The van der Waals surface area contributed by atoms with E-state index in [2.05, 4.69) is 0 Å². The number of benzene rings is 2. The van der Waals surface area contributed by atoms with Gasteiger partial charge >= 0.3 is 0 Å². The van der Waals surface area contributed by atoms with Crippen LogP contribution in [0.2, 0.25) is 0 Å². The third-order valence-corrected chi connectivity index (χ3v) is 3.16. The van der Waals surface area contributed by atoms with Gasteiger partial charge in [-0.15, -0.1) is 11.8 Å². The van der Waals surface area contributed by atoms with Crippen LogP contribution in [0.15, 0.2) is 47.4 Å². The maximum atomic E-state index is 12.9. The number of nitrogen functional groups attached to an aromatic ring is 1. The summed E-state index contributed by atoms with van der Waals surface area (Å²) in [6, 6.07) is 12.5. The highest BCUT2D eigenvalue weighted by molar-refractivity contribution is 7.98. The average Bonchev–Trinajstić information content (AvgIpc) is 2.29. The van der Waals surface area contributed by atoms with Gasteiger partial charge in [-0.25, -0.2) is 4.39 Å². The second-order valence-corrected chi connectivity index (χ2v) is 4.34. The van der Waals surface area contributed by atoms with Crippen LogP contribution < -0.4 is 5.73 Å². The summed E-state index contributed by atoms with van der Waals surface area (Å²) < 4.78 is 12.9. The van der Waals surface area contributed by atoms with E-state index in [1.54, 1.807) is 17.8 Å². The number of anilines is 1. The van der Waals surface area contributed by atoms with Crippen molar-refractivity contribution in [3.8, 4) is 11.1 Å². The Kier molecular flexibility index (Phi) is 3.15. The minimum absolute atomic E-state index is 0.304. The fourth-order valence-electron chi connectivity index (χ4n) is 1.57. The fraction of sp³-hybridized carbons (Fsp3) is 0.0769. The quantitative estimate of drug-likeness (QED) is 0.630. The Morgan fingerprint density at radius 2 is 1.75 bits per heavy atom. The SMILES string of the molecule is CSc1ccc(-c2ccc(F)cc2N)cc1. The zero-order valence-corrected chi connectivity index (χ0v) is 9.72. The van der Waals surface area contributed by atoms with E-state index in [4.69, 9.17) is 5.73 Å². The van der Waals surface area contributed by atoms with Gasteiger partial charge in [-0.1, -0.05) is 12.1 Å². The van der Waals surface area contributed by atoms with Crippen molar-refractivity contribution in [3.05, 3.63) is 48.3 Å². The summed E-state index contributed by atoms with van der Waals surface area (Å²) in [5, 5.41) is 0. The standard InChI is InChI=1S/C13H12FNS/c1-16-11-5-2-9(3-6-11)12-7-4-10(14)8-13(12)15/h2-8H,15H2,1H3. The minimum Gasteiger partial charge on any atom is -0.398 e. The molecule has 2 aromatic carbocycles. The number of thioether (sulfide) groups is 1. The van der Waals surface area contributed by atoms with Crippen molar-refractivity contribution in [1.82, 2.24) is 0 Å². The zero-order chi connectivity index (χ0) is 11.5. The van der Waals surface area contributed by atoms with Crippen molar-refractivity contribution >= 4 is 17.4 Å². The molecule has 0 aliphatic carbocycles. The van der Waals surface area contributed by atoms with Gasteiger partial charge in [0.2, 0.25) is 0 Å². The lowest BCUT2D eigenvalue weighted by atomic mass is 10.0. The lowest BCUT2D eigenvalue weighted by molar-refractivity contribution is 0.628. The Balaban J connectivity index is 2.42. The van der Waals surface area contributed by atoms with E-state index in [1.807, 2.05) is 30.5 Å². The van der Waals surface area contributed by atoms with E-state index in [9.17, 15) is 4.39 Å². The molecule has 3 heteroatoms. The van der Waals surface area contributed by atoms with Gasteiger partial charge in [0, 0.05) is 16.1 Å². The molecule has 16 heavy (non-hydrogen) atoms. The summed E-state index contributed by atoms with van der Waals surface area (Å²) in [4.78, 5) is 1.20. The maximum absolute atomic E-state index is 12.9. The normalized spacial score (nSPS) is 10.4. The minimum atomic E-state index is -0.304. The molecule has 2 N–H and O–H groups in total. The van der Waals surface area contributed by atoms with Crippen LogP contribution >= 0.6 is 11.8 Å². The third kappa shape index (κ3) is 2.19. The van der Waals surface area contributed by atoms with Gasteiger partial charge < -0.3 is 5.73 Å². The van der Waals surface area contributed by atoms with Gasteiger partial charge in [0.15, 0.2) is 0 Å². The molecular weight excluding hydrogens is 221 g/mol. The summed E-state index contributed by atoms with van der Waals surface area (Å²) >= 11 is 1.69. The van der Waals surface area contributed by atoms with Crippen LogP contribution in [0.4, 0.5) is 10.1 Å². The van der Waals surface area contributed by atoms with Crippen LogP contribution in [0, 0.1) is 5.82 Å². The molecule has 0 radical (unpaired) electrons. The van der Waals surface area contributed by atoms with Crippen molar-refractivity contribution in [1.29, 1.82) is 0 Å². The summed E-state index contributed by atoms with van der Waals surface area (Å²) in [5.74, 6) is -0.304. The molecule has 0 aliphatic heterocycles. The number of hydrogen-bond acceptors (Lipinski definition) is 2. The summed E-state index contributed by atoms with van der Waals surface area (Å²) in [6.45, 7) is 0. The van der Waals surface area contributed by atoms with Gasteiger partial charge in [0.25, 0.3) is 0 Å². The first-order chi connectivity index (χ1) is 7.70. The van der Waals surface area contributed by atoms with Gasteiger partial charge in [0.05, 0.1) is 0 Å². The third-order valence-electron chi connectivity index (χ3n) is 2.41. The van der Waals surface area contributed by atoms with Crippen LogP contribution in [-0.2, 0) is 0 Å². The molecule has 0 aliphatic rings. The predicted octanol–water partition coefficient (Wildman–Crippen LogP) is 3.80. The predicted molar refractivity (Wildman–Crippen MR) is 68.0 cm³/mol. The number of halogens is 1. The van der Waals surface area contributed by atoms with Crippen LogP contribution in [0.3, 0.4) is 0 Å². The molecule has 82 valence electrons. The Labute approximate surface area is 98.5 Å². The highest BCUT2D eigenvalue weighted by Gasteiger charge is 2.03. The average molecular weight is 233 g/mol. The van der Waals surface area contributed by atoms with Crippen LogP contribution in [0.1, 0.15) is 0 Å². The molecule has 0 atom stereocenters. The van der Waals surface area contributed by atoms with Crippen LogP contribution in [0.25, 0.3) is 11.1 Å². The first-order valence-electron chi connectivity index (χ1n) is 4.90. The number of hydrogen-bond donors (Lipinski definition) is 1. The van der Waals surface area contributed by atoms with Crippen molar-refractivity contribution in [3.63, 3.8) is 0 Å². The molecular formula is C13H12FNS. The molecule has 0 aromatic heterocycles. The Morgan fingerprint density at radius 1 is 1.06 bits per heavy atom. The fourth-order valence-corrected chi connectivity index (χ4v) is 1.98. The second-order valence-electron chi connectivity index (χ2n) is 3.46. The van der Waals surface area contributed by atoms with Crippen molar-refractivity contribution in [2.45, 2.75) is 4.90 Å². The molecule has 1 nitrogen and oxygen atoms in total. The molecule has 0 fully saturated rings. The van der Waals surface area contributed by atoms with Crippen molar-refractivity contribution in [2.24, 2.45) is 0 Å². The summed E-state index contributed by atoms with van der Waals surface area (Å²) in [7, 11) is 0. The van der Waals surface area contributed by atoms with Gasteiger partial charge in [-0.05, 0) is 42.2 Å². The Morgan fingerprint density at radius 3 is 2.31 bits per heavy atom. The van der Waals surface area contributed by atoms with Gasteiger partial charge in [0.1, 0.15) is 5.82 Å². The Bertz CT molecular complexity index is 494. The number of nitrogens with two attached hydrogens (primary N) is 1. The molecule has 0 saturated heterocycles. The van der Waals surface area contributed by atoms with E-state index in [0.717, 1.165) is 11.1 Å². The van der Waals surface area contributed by atoms with E-state index in [1.165, 1.54) is 17.0 Å². The monoisotopic (exact) mass is 233 g/mol. The lowest BCUT2D eigenvalue weighted by Crippen LogP contribution is -1.91. The maximum Gasteiger partial charge on any atom is 0.125 e. The summed E-state index contributed by atoms with van der Waals surface area (Å²) in [5.41, 5.74) is 8.13. The molecule has 0 saturated carbocycles. The number of rotatable bonds is 2. The topological polar surface area (TPSA) is 26.0 Å². The highest BCUT2D eigenvalue weighted by Crippen LogP contribution is 2.28. The molecule has 0 bridgehead atoms. The van der Waals surface area contributed by atoms with Crippen LogP contribution in [0.5, 0.6) is 0 Å². The first-order valence-corrected chi connectivity index (χ1v) is 6.12.